The molecule has 18 heavy (non-hydrogen) atoms. The maximum absolute atomic E-state index is 11.9. The van der Waals surface area contributed by atoms with Crippen molar-refractivity contribution in [1.82, 2.24) is 10.2 Å². The summed E-state index contributed by atoms with van der Waals surface area (Å²) in [5.74, 6) is -0.336. The molecule has 1 heterocycles. The number of morpholine rings is 1. The number of carbonyl (C=O) groups is 1. The van der Waals surface area contributed by atoms with Crippen molar-refractivity contribution in [3.05, 3.63) is 0 Å². The molecule has 7 heteroatoms. The number of amidine groups is 1. The van der Waals surface area contributed by atoms with Gasteiger partial charge in [0.15, 0.2) is 5.84 Å². The van der Waals surface area contributed by atoms with Crippen molar-refractivity contribution in [1.29, 1.82) is 0 Å². The zero-order valence-electron chi connectivity index (χ0n) is 11.0. The van der Waals surface area contributed by atoms with Gasteiger partial charge in [-0.15, -0.1) is 0 Å². The largest absolute Gasteiger partial charge is 0.409 e. The van der Waals surface area contributed by atoms with Crippen LogP contribution < -0.4 is 11.1 Å². The van der Waals surface area contributed by atoms with Gasteiger partial charge in [0.2, 0.25) is 5.91 Å². The molecule has 1 amide bonds. The molecule has 0 bridgehead atoms. The molecule has 1 aliphatic heterocycles. The van der Waals surface area contributed by atoms with Crippen LogP contribution in [0.15, 0.2) is 5.16 Å². The highest BCUT2D eigenvalue weighted by Crippen LogP contribution is 2.14. The zero-order chi connectivity index (χ0) is 13.6. The molecule has 1 fully saturated rings. The minimum atomic E-state index is -1.00. The lowest BCUT2D eigenvalue weighted by Gasteiger charge is -2.27. The Morgan fingerprint density at radius 1 is 1.50 bits per heavy atom. The van der Waals surface area contributed by atoms with E-state index >= 15 is 0 Å². The number of nitrogens with two attached hydrogens (primary N) is 1. The van der Waals surface area contributed by atoms with Gasteiger partial charge in [0.1, 0.15) is 5.41 Å². The van der Waals surface area contributed by atoms with Crippen LogP contribution in [0.3, 0.4) is 0 Å². The first-order chi connectivity index (χ1) is 8.48. The fraction of sp³-hybridized carbons (Fsp3) is 0.818. The van der Waals surface area contributed by atoms with Crippen molar-refractivity contribution in [3.63, 3.8) is 0 Å². The Kier molecular flexibility index (Phi) is 5.36. The molecule has 0 aromatic carbocycles. The average molecular weight is 258 g/mol. The Balaban J connectivity index is 2.32. The highest BCUT2D eigenvalue weighted by molar-refractivity contribution is 6.05. The Hall–Kier alpha value is -1.34. The number of carbonyl (C=O) groups excluding carboxylic acids is 1. The predicted molar refractivity (Wildman–Crippen MR) is 67.5 cm³/mol. The Labute approximate surface area is 107 Å². The molecule has 7 nitrogen and oxygen atoms in total. The van der Waals surface area contributed by atoms with E-state index in [-0.39, 0.29) is 11.7 Å². The smallest absolute Gasteiger partial charge is 0.233 e. The minimum Gasteiger partial charge on any atom is -0.409 e. The van der Waals surface area contributed by atoms with Crippen LogP contribution in [0.4, 0.5) is 0 Å². The number of oxime groups is 1. The van der Waals surface area contributed by atoms with Crippen LogP contribution in [-0.4, -0.2) is 61.2 Å². The molecule has 1 rings (SSSR count). The number of hydrogen-bond acceptors (Lipinski definition) is 5. The standard InChI is InChI=1S/C11H22N4O3/c1-11(2,9(12)14-17)10(16)13-3-4-15-5-7-18-8-6-15/h17H,3-8H2,1-2H3,(H2,12,14)(H,13,16). The van der Waals surface area contributed by atoms with Gasteiger partial charge in [-0.25, -0.2) is 0 Å². The molecule has 0 saturated carbocycles. The molecule has 0 aliphatic carbocycles. The normalized spacial score (nSPS) is 18.7. The Bertz CT molecular complexity index is 311. The summed E-state index contributed by atoms with van der Waals surface area (Å²) in [5, 5.41) is 14.3. The van der Waals surface area contributed by atoms with Gasteiger partial charge < -0.3 is 21.0 Å². The van der Waals surface area contributed by atoms with Gasteiger partial charge in [-0.1, -0.05) is 5.16 Å². The lowest BCUT2D eigenvalue weighted by atomic mass is 9.91. The molecule has 1 aliphatic rings. The molecule has 0 spiro atoms. The Morgan fingerprint density at radius 2 is 2.11 bits per heavy atom. The summed E-state index contributed by atoms with van der Waals surface area (Å²) in [6.45, 7) is 7.81. The summed E-state index contributed by atoms with van der Waals surface area (Å²) in [4.78, 5) is 14.1. The van der Waals surface area contributed by atoms with Crippen molar-refractivity contribution in [3.8, 4) is 0 Å². The second-order valence-electron chi connectivity index (χ2n) is 4.82. The third-order valence-corrected chi connectivity index (χ3v) is 3.13. The van der Waals surface area contributed by atoms with Crippen LogP contribution >= 0.6 is 0 Å². The van der Waals surface area contributed by atoms with E-state index in [1.165, 1.54) is 0 Å². The molecule has 0 atom stereocenters. The summed E-state index contributed by atoms with van der Waals surface area (Å²) in [7, 11) is 0. The van der Waals surface area contributed by atoms with Gasteiger partial charge in [0.25, 0.3) is 0 Å². The van der Waals surface area contributed by atoms with Gasteiger partial charge in [0, 0.05) is 26.2 Å². The number of hydrogen-bond donors (Lipinski definition) is 3. The summed E-state index contributed by atoms with van der Waals surface area (Å²) >= 11 is 0. The molecular formula is C11H22N4O3. The van der Waals surface area contributed by atoms with Crippen molar-refractivity contribution >= 4 is 11.7 Å². The summed E-state index contributed by atoms with van der Waals surface area (Å²) in [6.07, 6.45) is 0. The summed E-state index contributed by atoms with van der Waals surface area (Å²) < 4.78 is 5.24. The van der Waals surface area contributed by atoms with Crippen molar-refractivity contribution in [2.24, 2.45) is 16.3 Å². The maximum atomic E-state index is 11.9. The van der Waals surface area contributed by atoms with Crippen molar-refractivity contribution in [2.45, 2.75) is 13.8 Å². The molecule has 0 radical (unpaired) electrons. The van der Waals surface area contributed by atoms with Gasteiger partial charge in [0.05, 0.1) is 13.2 Å². The zero-order valence-corrected chi connectivity index (χ0v) is 11.0. The molecule has 4 N–H and O–H groups in total. The van der Waals surface area contributed by atoms with E-state index in [2.05, 4.69) is 15.4 Å². The van der Waals surface area contributed by atoms with E-state index in [1.54, 1.807) is 13.8 Å². The monoisotopic (exact) mass is 258 g/mol. The average Bonchev–Trinajstić information content (AvgIpc) is 2.38. The van der Waals surface area contributed by atoms with Crippen molar-refractivity contribution < 1.29 is 14.7 Å². The van der Waals surface area contributed by atoms with Crippen LogP contribution in [0.5, 0.6) is 0 Å². The fourth-order valence-corrected chi connectivity index (χ4v) is 1.61. The molecule has 1 saturated heterocycles. The van der Waals surface area contributed by atoms with Gasteiger partial charge in [-0.05, 0) is 13.8 Å². The van der Waals surface area contributed by atoms with E-state index in [9.17, 15) is 4.79 Å². The molecule has 0 unspecified atom stereocenters. The first-order valence-electron chi connectivity index (χ1n) is 6.05. The van der Waals surface area contributed by atoms with Crippen LogP contribution in [0.25, 0.3) is 0 Å². The minimum absolute atomic E-state index is 0.0913. The van der Waals surface area contributed by atoms with E-state index in [1.807, 2.05) is 0 Å². The lowest BCUT2D eigenvalue weighted by Crippen LogP contribution is -2.48. The predicted octanol–water partition coefficient (Wildman–Crippen LogP) is -0.793. The van der Waals surface area contributed by atoms with E-state index in [0.717, 1.165) is 32.8 Å². The summed E-state index contributed by atoms with van der Waals surface area (Å²) in [6, 6.07) is 0. The topological polar surface area (TPSA) is 100 Å². The first kappa shape index (κ1) is 14.7. The molecule has 0 aromatic heterocycles. The maximum Gasteiger partial charge on any atom is 0.233 e. The second-order valence-corrected chi connectivity index (χ2v) is 4.82. The van der Waals surface area contributed by atoms with Gasteiger partial charge >= 0.3 is 0 Å². The number of nitrogens with one attached hydrogen (secondary N) is 1. The number of rotatable bonds is 5. The highest BCUT2D eigenvalue weighted by atomic mass is 16.5. The third kappa shape index (κ3) is 3.85. The molecule has 104 valence electrons. The molecule has 0 aromatic rings. The van der Waals surface area contributed by atoms with Crippen molar-refractivity contribution in [2.75, 3.05) is 39.4 Å². The Morgan fingerprint density at radius 3 is 2.67 bits per heavy atom. The van der Waals surface area contributed by atoms with Crippen LogP contribution in [0, 0.1) is 5.41 Å². The van der Waals surface area contributed by atoms with Crippen LogP contribution in [0.2, 0.25) is 0 Å². The fourth-order valence-electron chi connectivity index (χ4n) is 1.61. The number of nitrogens with zero attached hydrogens (tertiary/aromatic N) is 2. The van der Waals surface area contributed by atoms with E-state index < -0.39 is 5.41 Å². The van der Waals surface area contributed by atoms with Gasteiger partial charge in [-0.2, -0.15) is 0 Å². The van der Waals surface area contributed by atoms with Crippen LogP contribution in [-0.2, 0) is 9.53 Å². The van der Waals surface area contributed by atoms with Gasteiger partial charge in [-0.3, -0.25) is 9.69 Å². The van der Waals surface area contributed by atoms with Crippen LogP contribution in [0.1, 0.15) is 13.8 Å². The number of amides is 1. The first-order valence-corrected chi connectivity index (χ1v) is 6.05. The lowest BCUT2D eigenvalue weighted by molar-refractivity contribution is -0.126. The quantitative estimate of drug-likeness (QED) is 0.260. The highest BCUT2D eigenvalue weighted by Gasteiger charge is 2.32. The van der Waals surface area contributed by atoms with E-state index in [0.29, 0.717) is 6.54 Å². The number of ether oxygens (including phenoxy) is 1. The second kappa shape index (κ2) is 6.55. The van der Waals surface area contributed by atoms with E-state index in [4.69, 9.17) is 15.7 Å². The SMILES string of the molecule is CC(C)(C(=O)NCCN1CCOCC1)C(N)=NO. The summed E-state index contributed by atoms with van der Waals surface area (Å²) in [5.41, 5.74) is 4.48. The third-order valence-electron chi connectivity index (χ3n) is 3.13. The molecular weight excluding hydrogens is 236 g/mol.